The Labute approximate surface area is 145 Å². The van der Waals surface area contributed by atoms with Crippen LogP contribution in [-0.2, 0) is 9.53 Å². The summed E-state index contributed by atoms with van der Waals surface area (Å²) in [6.45, 7) is 7.99. The Morgan fingerprint density at radius 2 is 1.96 bits per heavy atom. The summed E-state index contributed by atoms with van der Waals surface area (Å²) in [5, 5.41) is 3.14. The second-order valence-corrected chi connectivity index (χ2v) is 6.37. The number of hydrogen-bond acceptors (Lipinski definition) is 4. The smallest absolute Gasteiger partial charge is 0.222 e. The molecule has 5 nitrogen and oxygen atoms in total. The van der Waals surface area contributed by atoms with Gasteiger partial charge in [-0.1, -0.05) is 32.4 Å². The van der Waals surface area contributed by atoms with Crippen LogP contribution in [0.1, 0.15) is 38.3 Å². The summed E-state index contributed by atoms with van der Waals surface area (Å²) in [5.74, 6) is 1.06. The molecule has 1 heterocycles. The van der Waals surface area contributed by atoms with Crippen molar-refractivity contribution in [3.8, 4) is 5.75 Å². The topological polar surface area (TPSA) is 50.8 Å². The van der Waals surface area contributed by atoms with Crippen LogP contribution >= 0.6 is 0 Å². The van der Waals surface area contributed by atoms with Gasteiger partial charge in [-0.3, -0.25) is 9.69 Å². The van der Waals surface area contributed by atoms with Crippen LogP contribution in [0.3, 0.4) is 0 Å². The molecule has 0 aromatic heterocycles. The fourth-order valence-electron chi connectivity index (χ4n) is 3.11. The van der Waals surface area contributed by atoms with E-state index < -0.39 is 0 Å². The van der Waals surface area contributed by atoms with Crippen molar-refractivity contribution in [3.05, 3.63) is 29.8 Å². The minimum atomic E-state index is 0.0659. The molecular weight excluding hydrogens is 304 g/mol. The van der Waals surface area contributed by atoms with Crippen LogP contribution in [0.2, 0.25) is 0 Å². The third-order valence-electron chi connectivity index (χ3n) is 4.63. The standard InChI is InChI=1S/C19H30N2O3/c1-4-5-15(2)19(22)20-14-18(21-10-12-24-13-11-21)16-6-8-17(23-3)9-7-16/h6-9,15,18H,4-5,10-14H2,1-3H3,(H,20,22). The molecule has 1 aromatic rings. The maximum absolute atomic E-state index is 12.3. The van der Waals surface area contributed by atoms with Crippen LogP contribution in [0, 0.1) is 5.92 Å². The third kappa shape index (κ3) is 5.21. The Morgan fingerprint density at radius 1 is 1.29 bits per heavy atom. The molecule has 0 saturated carbocycles. The number of hydrogen-bond donors (Lipinski definition) is 1. The maximum atomic E-state index is 12.3. The van der Waals surface area contributed by atoms with Crippen LogP contribution in [0.25, 0.3) is 0 Å². The van der Waals surface area contributed by atoms with Crippen molar-refractivity contribution < 1.29 is 14.3 Å². The predicted molar refractivity (Wildman–Crippen MR) is 95.2 cm³/mol. The first-order chi connectivity index (χ1) is 11.7. The van der Waals surface area contributed by atoms with E-state index >= 15 is 0 Å². The lowest BCUT2D eigenvalue weighted by molar-refractivity contribution is -0.125. The second-order valence-electron chi connectivity index (χ2n) is 6.37. The molecule has 1 aliphatic rings. The van der Waals surface area contributed by atoms with E-state index in [-0.39, 0.29) is 17.9 Å². The van der Waals surface area contributed by atoms with E-state index in [1.54, 1.807) is 7.11 Å². The number of benzene rings is 1. The molecule has 0 radical (unpaired) electrons. The number of morpholine rings is 1. The lowest BCUT2D eigenvalue weighted by Crippen LogP contribution is -2.44. The zero-order valence-corrected chi connectivity index (χ0v) is 15.1. The van der Waals surface area contributed by atoms with Gasteiger partial charge in [-0.15, -0.1) is 0 Å². The Kier molecular flexibility index (Phi) is 7.53. The van der Waals surface area contributed by atoms with E-state index in [1.807, 2.05) is 19.1 Å². The molecule has 0 spiro atoms. The molecule has 2 rings (SSSR count). The Bertz CT molecular complexity index is 498. The largest absolute Gasteiger partial charge is 0.497 e. The van der Waals surface area contributed by atoms with Crippen molar-refractivity contribution in [1.82, 2.24) is 10.2 Å². The molecule has 1 fully saturated rings. The summed E-state index contributed by atoms with van der Waals surface area (Å²) < 4.78 is 10.7. The first kappa shape index (κ1) is 18.7. The second kappa shape index (κ2) is 9.64. The predicted octanol–water partition coefficient (Wildman–Crippen LogP) is 2.62. The molecule has 1 aliphatic heterocycles. The Balaban J connectivity index is 2.05. The van der Waals surface area contributed by atoms with Gasteiger partial charge in [0.05, 0.1) is 26.4 Å². The summed E-state index contributed by atoms with van der Waals surface area (Å²) in [6.07, 6.45) is 1.95. The number of nitrogens with one attached hydrogen (secondary N) is 1. The summed E-state index contributed by atoms with van der Waals surface area (Å²) in [6, 6.07) is 8.29. The van der Waals surface area contributed by atoms with Crippen molar-refractivity contribution in [1.29, 1.82) is 0 Å². The Morgan fingerprint density at radius 3 is 2.54 bits per heavy atom. The molecule has 134 valence electrons. The number of carbonyl (C=O) groups excluding carboxylic acids is 1. The molecule has 24 heavy (non-hydrogen) atoms. The monoisotopic (exact) mass is 334 g/mol. The molecule has 5 heteroatoms. The number of amides is 1. The van der Waals surface area contributed by atoms with Crippen molar-refractivity contribution >= 4 is 5.91 Å². The maximum Gasteiger partial charge on any atom is 0.222 e. The van der Waals surface area contributed by atoms with E-state index in [9.17, 15) is 4.79 Å². The molecule has 0 bridgehead atoms. The highest BCUT2D eigenvalue weighted by Gasteiger charge is 2.24. The Hall–Kier alpha value is -1.59. The summed E-state index contributed by atoms with van der Waals surface area (Å²) >= 11 is 0. The molecule has 1 saturated heterocycles. The van der Waals surface area contributed by atoms with Crippen molar-refractivity contribution in [3.63, 3.8) is 0 Å². The van der Waals surface area contributed by atoms with Gasteiger partial charge in [0.2, 0.25) is 5.91 Å². The highest BCUT2D eigenvalue weighted by Crippen LogP contribution is 2.24. The minimum Gasteiger partial charge on any atom is -0.497 e. The van der Waals surface area contributed by atoms with E-state index in [0.717, 1.165) is 44.9 Å². The van der Waals surface area contributed by atoms with Crippen molar-refractivity contribution in [2.24, 2.45) is 5.92 Å². The zero-order valence-electron chi connectivity index (χ0n) is 15.1. The van der Waals surface area contributed by atoms with Gasteiger partial charge in [-0.05, 0) is 24.1 Å². The van der Waals surface area contributed by atoms with Gasteiger partial charge in [0, 0.05) is 25.6 Å². The number of ether oxygens (including phenoxy) is 2. The number of nitrogens with zero attached hydrogens (tertiary/aromatic N) is 1. The number of carbonyl (C=O) groups is 1. The summed E-state index contributed by atoms with van der Waals surface area (Å²) in [5.41, 5.74) is 1.20. The van der Waals surface area contributed by atoms with Gasteiger partial charge < -0.3 is 14.8 Å². The van der Waals surface area contributed by atoms with Gasteiger partial charge in [0.1, 0.15) is 5.75 Å². The molecule has 0 aliphatic carbocycles. The van der Waals surface area contributed by atoms with Gasteiger partial charge in [-0.25, -0.2) is 0 Å². The highest BCUT2D eigenvalue weighted by molar-refractivity contribution is 5.78. The molecule has 2 unspecified atom stereocenters. The van der Waals surface area contributed by atoms with Crippen LogP contribution in [-0.4, -0.2) is 50.8 Å². The van der Waals surface area contributed by atoms with Gasteiger partial charge >= 0.3 is 0 Å². The lowest BCUT2D eigenvalue weighted by atomic mass is 10.0. The molecular formula is C19H30N2O3. The van der Waals surface area contributed by atoms with Crippen LogP contribution in [0.15, 0.2) is 24.3 Å². The summed E-state index contributed by atoms with van der Waals surface area (Å²) in [7, 11) is 1.67. The van der Waals surface area contributed by atoms with Gasteiger partial charge in [-0.2, -0.15) is 0 Å². The first-order valence-electron chi connectivity index (χ1n) is 8.89. The van der Waals surface area contributed by atoms with Gasteiger partial charge in [0.25, 0.3) is 0 Å². The average Bonchev–Trinajstić information content (AvgIpc) is 2.63. The third-order valence-corrected chi connectivity index (χ3v) is 4.63. The average molecular weight is 334 g/mol. The van der Waals surface area contributed by atoms with E-state index in [1.165, 1.54) is 5.56 Å². The fourth-order valence-corrected chi connectivity index (χ4v) is 3.11. The highest BCUT2D eigenvalue weighted by atomic mass is 16.5. The molecule has 1 aromatic carbocycles. The first-order valence-corrected chi connectivity index (χ1v) is 8.89. The van der Waals surface area contributed by atoms with Gasteiger partial charge in [0.15, 0.2) is 0 Å². The van der Waals surface area contributed by atoms with Crippen molar-refractivity contribution in [2.75, 3.05) is 40.0 Å². The molecule has 1 N–H and O–H groups in total. The summed E-state index contributed by atoms with van der Waals surface area (Å²) in [4.78, 5) is 14.7. The van der Waals surface area contributed by atoms with Crippen LogP contribution in [0.5, 0.6) is 5.75 Å². The molecule has 1 amide bonds. The number of methoxy groups -OCH3 is 1. The van der Waals surface area contributed by atoms with Crippen LogP contribution < -0.4 is 10.1 Å². The lowest BCUT2D eigenvalue weighted by Gasteiger charge is -2.35. The number of rotatable bonds is 8. The quantitative estimate of drug-likeness (QED) is 0.794. The fraction of sp³-hybridized carbons (Fsp3) is 0.632. The zero-order chi connectivity index (χ0) is 17.4. The van der Waals surface area contributed by atoms with E-state index in [2.05, 4.69) is 29.3 Å². The molecule has 2 atom stereocenters. The SMILES string of the molecule is CCCC(C)C(=O)NCC(c1ccc(OC)cc1)N1CCOCC1. The van der Waals surface area contributed by atoms with E-state index in [0.29, 0.717) is 6.54 Å². The van der Waals surface area contributed by atoms with Crippen LogP contribution in [0.4, 0.5) is 0 Å². The van der Waals surface area contributed by atoms with E-state index in [4.69, 9.17) is 9.47 Å². The normalized spacial score (nSPS) is 18.0. The minimum absolute atomic E-state index is 0.0659. The van der Waals surface area contributed by atoms with Crippen molar-refractivity contribution in [2.45, 2.75) is 32.7 Å².